The third kappa shape index (κ3) is 3.57. The Labute approximate surface area is 152 Å². The SMILES string of the molecule is C[C@@H](c1cccc([N+](=O)[O-])c1)N(C)C(=O)Cc1cccc2ccccc12. The van der Waals surface area contributed by atoms with E-state index in [0.29, 0.717) is 0 Å². The number of carbonyl (C=O) groups is 1. The lowest BCUT2D eigenvalue weighted by Gasteiger charge is -2.25. The van der Waals surface area contributed by atoms with Gasteiger partial charge in [-0.3, -0.25) is 14.9 Å². The minimum Gasteiger partial charge on any atom is -0.339 e. The fraction of sp³-hybridized carbons (Fsp3) is 0.190. The number of non-ortho nitro benzene ring substituents is 1. The highest BCUT2D eigenvalue weighted by Crippen LogP contribution is 2.25. The van der Waals surface area contributed by atoms with Crippen LogP contribution in [0.15, 0.2) is 66.7 Å². The molecule has 0 aliphatic rings. The highest BCUT2D eigenvalue weighted by Gasteiger charge is 2.20. The normalized spacial score (nSPS) is 11.9. The van der Waals surface area contributed by atoms with Crippen molar-refractivity contribution in [3.8, 4) is 0 Å². The lowest BCUT2D eigenvalue weighted by Crippen LogP contribution is -2.31. The zero-order valence-electron chi connectivity index (χ0n) is 14.8. The molecule has 5 heteroatoms. The summed E-state index contributed by atoms with van der Waals surface area (Å²) in [4.78, 5) is 25.0. The van der Waals surface area contributed by atoms with Crippen LogP contribution in [0.1, 0.15) is 24.1 Å². The van der Waals surface area contributed by atoms with E-state index >= 15 is 0 Å². The maximum atomic E-state index is 12.8. The Bertz CT molecular complexity index is 963. The number of fused-ring (bicyclic) bond motifs is 1. The molecule has 3 aromatic carbocycles. The Balaban J connectivity index is 1.81. The lowest BCUT2D eigenvalue weighted by molar-refractivity contribution is -0.384. The molecule has 0 aromatic heterocycles. The number of nitro benzene ring substituents is 1. The molecule has 0 heterocycles. The van der Waals surface area contributed by atoms with Crippen LogP contribution in [0.5, 0.6) is 0 Å². The van der Waals surface area contributed by atoms with Gasteiger partial charge in [-0.1, -0.05) is 54.6 Å². The first-order valence-corrected chi connectivity index (χ1v) is 8.44. The summed E-state index contributed by atoms with van der Waals surface area (Å²) in [6.45, 7) is 1.88. The van der Waals surface area contributed by atoms with Crippen LogP contribution in [0, 0.1) is 10.1 Å². The molecule has 0 aliphatic heterocycles. The molecule has 0 spiro atoms. The van der Waals surface area contributed by atoms with Gasteiger partial charge in [-0.05, 0) is 28.8 Å². The van der Waals surface area contributed by atoms with Crippen molar-refractivity contribution in [3.63, 3.8) is 0 Å². The Morgan fingerprint density at radius 3 is 2.54 bits per heavy atom. The third-order valence-corrected chi connectivity index (χ3v) is 4.76. The van der Waals surface area contributed by atoms with Crippen molar-refractivity contribution in [2.75, 3.05) is 7.05 Å². The topological polar surface area (TPSA) is 63.5 Å². The summed E-state index contributed by atoms with van der Waals surface area (Å²) in [6.07, 6.45) is 0.289. The fourth-order valence-electron chi connectivity index (χ4n) is 3.07. The Hall–Kier alpha value is -3.21. The summed E-state index contributed by atoms with van der Waals surface area (Å²) >= 11 is 0. The molecule has 1 atom stereocenters. The number of nitrogens with zero attached hydrogens (tertiary/aromatic N) is 2. The van der Waals surface area contributed by atoms with Crippen LogP contribution in [0.2, 0.25) is 0 Å². The minimum atomic E-state index is -0.422. The molecule has 3 aromatic rings. The van der Waals surface area contributed by atoms with Crippen LogP contribution >= 0.6 is 0 Å². The van der Waals surface area contributed by atoms with Gasteiger partial charge in [0.2, 0.25) is 5.91 Å². The quantitative estimate of drug-likeness (QED) is 0.503. The standard InChI is InChI=1S/C21H20N2O3/c1-15(17-9-6-11-19(13-17)23(25)26)22(2)21(24)14-18-10-5-8-16-7-3-4-12-20(16)18/h3-13,15H,14H2,1-2H3/t15-/m0/s1. The highest BCUT2D eigenvalue weighted by atomic mass is 16.6. The van der Waals surface area contributed by atoms with Crippen molar-refractivity contribution in [1.82, 2.24) is 4.90 Å². The number of hydrogen-bond donors (Lipinski definition) is 0. The summed E-state index contributed by atoms with van der Waals surface area (Å²) in [5.74, 6) is -0.0274. The van der Waals surface area contributed by atoms with Crippen molar-refractivity contribution >= 4 is 22.4 Å². The second-order valence-electron chi connectivity index (χ2n) is 6.35. The molecular formula is C21H20N2O3. The third-order valence-electron chi connectivity index (χ3n) is 4.76. The van der Waals surface area contributed by atoms with Crippen LogP contribution in [0.25, 0.3) is 10.8 Å². The van der Waals surface area contributed by atoms with Gasteiger partial charge in [0.05, 0.1) is 17.4 Å². The first-order chi connectivity index (χ1) is 12.5. The summed E-state index contributed by atoms with van der Waals surface area (Å²) in [5, 5.41) is 13.1. The average Bonchev–Trinajstić information content (AvgIpc) is 2.67. The predicted octanol–water partition coefficient (Wildman–Crippen LogP) is 4.51. The van der Waals surface area contributed by atoms with Crippen molar-refractivity contribution < 1.29 is 9.72 Å². The van der Waals surface area contributed by atoms with Gasteiger partial charge in [-0.2, -0.15) is 0 Å². The predicted molar refractivity (Wildman–Crippen MR) is 102 cm³/mol. The molecule has 0 saturated heterocycles. The van der Waals surface area contributed by atoms with E-state index in [2.05, 4.69) is 0 Å². The number of rotatable bonds is 5. The van der Waals surface area contributed by atoms with E-state index in [1.54, 1.807) is 24.1 Å². The van der Waals surface area contributed by atoms with E-state index in [1.807, 2.05) is 49.4 Å². The van der Waals surface area contributed by atoms with E-state index < -0.39 is 4.92 Å². The first-order valence-electron chi connectivity index (χ1n) is 8.44. The number of nitro groups is 1. The number of carbonyl (C=O) groups excluding carboxylic acids is 1. The van der Waals surface area contributed by atoms with Crippen LogP contribution in [-0.4, -0.2) is 22.8 Å². The van der Waals surface area contributed by atoms with Crippen LogP contribution in [0.4, 0.5) is 5.69 Å². The number of likely N-dealkylation sites (N-methyl/N-ethyl adjacent to an activating group) is 1. The van der Waals surface area contributed by atoms with Crippen LogP contribution in [0.3, 0.4) is 0 Å². The minimum absolute atomic E-state index is 0.0274. The van der Waals surface area contributed by atoms with Gasteiger partial charge in [0.15, 0.2) is 0 Å². The maximum absolute atomic E-state index is 12.8. The van der Waals surface area contributed by atoms with Crippen molar-refractivity contribution in [3.05, 3.63) is 88.0 Å². The molecule has 3 rings (SSSR count). The van der Waals surface area contributed by atoms with E-state index in [0.717, 1.165) is 21.9 Å². The molecule has 1 amide bonds. The van der Waals surface area contributed by atoms with Crippen molar-refractivity contribution in [2.45, 2.75) is 19.4 Å². The molecule has 132 valence electrons. The zero-order chi connectivity index (χ0) is 18.7. The Morgan fingerprint density at radius 1 is 1.08 bits per heavy atom. The van der Waals surface area contributed by atoms with Gasteiger partial charge in [0.25, 0.3) is 5.69 Å². The molecule has 0 saturated carbocycles. The summed E-state index contributed by atoms with van der Waals surface area (Å²) in [7, 11) is 1.73. The Kier molecular flexibility index (Phi) is 4.98. The van der Waals surface area contributed by atoms with E-state index in [1.165, 1.54) is 12.1 Å². The smallest absolute Gasteiger partial charge is 0.269 e. The molecule has 0 fully saturated rings. The van der Waals surface area contributed by atoms with Crippen LogP contribution in [-0.2, 0) is 11.2 Å². The highest BCUT2D eigenvalue weighted by molar-refractivity contribution is 5.90. The van der Waals surface area contributed by atoms with Gasteiger partial charge in [0.1, 0.15) is 0 Å². The fourth-order valence-corrected chi connectivity index (χ4v) is 3.07. The Morgan fingerprint density at radius 2 is 1.77 bits per heavy atom. The van der Waals surface area contributed by atoms with Gasteiger partial charge in [0, 0.05) is 19.2 Å². The van der Waals surface area contributed by atoms with Gasteiger partial charge in [-0.15, -0.1) is 0 Å². The second-order valence-corrected chi connectivity index (χ2v) is 6.35. The lowest BCUT2D eigenvalue weighted by atomic mass is 10.0. The van der Waals surface area contributed by atoms with Gasteiger partial charge in [-0.25, -0.2) is 0 Å². The number of benzene rings is 3. The summed E-state index contributed by atoms with van der Waals surface area (Å²) in [6, 6.07) is 20.1. The van der Waals surface area contributed by atoms with E-state index in [4.69, 9.17) is 0 Å². The molecular weight excluding hydrogens is 328 g/mol. The molecule has 0 bridgehead atoms. The van der Waals surface area contributed by atoms with Crippen LogP contribution < -0.4 is 0 Å². The maximum Gasteiger partial charge on any atom is 0.269 e. The average molecular weight is 348 g/mol. The second kappa shape index (κ2) is 7.35. The molecule has 0 radical (unpaired) electrons. The zero-order valence-corrected chi connectivity index (χ0v) is 14.8. The molecule has 26 heavy (non-hydrogen) atoms. The summed E-state index contributed by atoms with van der Waals surface area (Å²) in [5.41, 5.74) is 1.75. The molecule has 5 nitrogen and oxygen atoms in total. The molecule has 0 unspecified atom stereocenters. The molecule has 0 aliphatic carbocycles. The largest absolute Gasteiger partial charge is 0.339 e. The number of hydrogen-bond acceptors (Lipinski definition) is 3. The van der Waals surface area contributed by atoms with E-state index in [9.17, 15) is 14.9 Å². The van der Waals surface area contributed by atoms with Gasteiger partial charge < -0.3 is 4.90 Å². The monoisotopic (exact) mass is 348 g/mol. The van der Waals surface area contributed by atoms with Gasteiger partial charge >= 0.3 is 0 Å². The van der Waals surface area contributed by atoms with E-state index in [-0.39, 0.29) is 24.1 Å². The van der Waals surface area contributed by atoms with Crippen molar-refractivity contribution in [1.29, 1.82) is 0 Å². The van der Waals surface area contributed by atoms with Crippen molar-refractivity contribution in [2.24, 2.45) is 0 Å². The molecule has 0 N–H and O–H groups in total. The first kappa shape index (κ1) is 17.6. The number of amides is 1. The summed E-state index contributed by atoms with van der Waals surface area (Å²) < 4.78 is 0.